The van der Waals surface area contributed by atoms with Gasteiger partial charge >= 0.3 is 17.3 Å². The number of carboxylic acid groups (broad SMARTS) is 1. The second kappa shape index (κ2) is 4.85. The van der Waals surface area contributed by atoms with Crippen molar-refractivity contribution in [3.63, 3.8) is 0 Å². The molecule has 7 nitrogen and oxygen atoms in total. The maximum Gasteiger partial charge on any atom is 0.348 e. The quantitative estimate of drug-likeness (QED) is 0.599. The van der Waals surface area contributed by atoms with Gasteiger partial charge in [-0.3, -0.25) is 0 Å². The van der Waals surface area contributed by atoms with Gasteiger partial charge in [0.1, 0.15) is 0 Å². The lowest BCUT2D eigenvalue weighted by molar-refractivity contribution is -0.140. The number of aliphatic carboxylic acids is 1. The zero-order valence-electron chi connectivity index (χ0n) is 9.45. The van der Waals surface area contributed by atoms with Crippen LogP contribution in [-0.2, 0) is 17.9 Å². The molecule has 1 aromatic heterocycles. The van der Waals surface area contributed by atoms with E-state index >= 15 is 0 Å². The van der Waals surface area contributed by atoms with Gasteiger partial charge in [-0.2, -0.15) is 0 Å². The lowest BCUT2D eigenvalue weighted by Crippen LogP contribution is -2.36. The molecular formula is C10H12ClN3O4. The maximum absolute atomic E-state index is 12.0. The number of nitrogens with zero attached hydrogens (tertiary/aromatic N) is 3. The molecule has 1 atom stereocenters. The van der Waals surface area contributed by atoms with Crippen LogP contribution in [0.4, 0.5) is 0 Å². The van der Waals surface area contributed by atoms with Crippen LogP contribution in [0.25, 0.3) is 0 Å². The van der Waals surface area contributed by atoms with Crippen LogP contribution in [0, 0.1) is 0 Å². The van der Waals surface area contributed by atoms with Gasteiger partial charge in [0.15, 0.2) is 6.04 Å². The predicted octanol–water partition coefficient (Wildman–Crippen LogP) is -0.364. The molecule has 18 heavy (non-hydrogen) atoms. The Labute approximate surface area is 106 Å². The van der Waals surface area contributed by atoms with Crippen molar-refractivity contribution in [2.24, 2.45) is 0 Å². The van der Waals surface area contributed by atoms with Crippen molar-refractivity contribution in [2.75, 3.05) is 5.88 Å². The molecule has 0 aromatic carbocycles. The minimum absolute atomic E-state index is 0.195. The molecular weight excluding hydrogens is 262 g/mol. The molecule has 1 aromatic rings. The molecule has 0 fully saturated rings. The summed E-state index contributed by atoms with van der Waals surface area (Å²) in [5.74, 6) is -0.839. The van der Waals surface area contributed by atoms with Crippen LogP contribution in [0.2, 0.25) is 0 Å². The Kier molecular flexibility index (Phi) is 3.42. The average molecular weight is 274 g/mol. The molecule has 8 heteroatoms. The first-order chi connectivity index (χ1) is 8.57. The summed E-state index contributed by atoms with van der Waals surface area (Å²) < 4.78 is 3.12. The molecule has 2 rings (SSSR count). The third-order valence-electron chi connectivity index (χ3n) is 2.77. The fourth-order valence-electron chi connectivity index (χ4n) is 1.94. The van der Waals surface area contributed by atoms with Gasteiger partial charge in [0.05, 0.1) is 6.54 Å². The van der Waals surface area contributed by atoms with Crippen LogP contribution < -0.4 is 11.4 Å². The maximum atomic E-state index is 12.0. The summed E-state index contributed by atoms with van der Waals surface area (Å²) in [5.41, 5.74) is -1.11. The van der Waals surface area contributed by atoms with Crippen LogP contribution in [0.1, 0.15) is 12.5 Å². The molecule has 1 N–H and O–H groups in total. The summed E-state index contributed by atoms with van der Waals surface area (Å²) in [6.07, 6.45) is 3.44. The van der Waals surface area contributed by atoms with E-state index in [-0.39, 0.29) is 13.1 Å². The minimum Gasteiger partial charge on any atom is -0.479 e. The van der Waals surface area contributed by atoms with Crippen molar-refractivity contribution in [3.05, 3.63) is 33.1 Å². The van der Waals surface area contributed by atoms with Crippen molar-refractivity contribution < 1.29 is 9.90 Å². The monoisotopic (exact) mass is 273 g/mol. The van der Waals surface area contributed by atoms with Crippen molar-refractivity contribution in [3.8, 4) is 0 Å². The van der Waals surface area contributed by atoms with Crippen molar-refractivity contribution >= 4 is 17.6 Å². The van der Waals surface area contributed by atoms with Crippen LogP contribution >= 0.6 is 11.6 Å². The van der Waals surface area contributed by atoms with Gasteiger partial charge in [0.2, 0.25) is 0 Å². The van der Waals surface area contributed by atoms with E-state index < -0.39 is 23.4 Å². The molecule has 0 saturated carbocycles. The molecule has 0 aliphatic carbocycles. The average Bonchev–Trinajstić information content (AvgIpc) is 2.60. The highest BCUT2D eigenvalue weighted by Gasteiger charge is 2.27. The highest BCUT2D eigenvalue weighted by molar-refractivity contribution is 6.17. The van der Waals surface area contributed by atoms with Crippen molar-refractivity contribution in [2.45, 2.75) is 25.6 Å². The van der Waals surface area contributed by atoms with Gasteiger partial charge in [-0.15, -0.1) is 11.6 Å². The third kappa shape index (κ3) is 1.90. The molecule has 98 valence electrons. The number of hydrogen-bond donors (Lipinski definition) is 1. The van der Waals surface area contributed by atoms with E-state index in [1.807, 2.05) is 0 Å². The van der Waals surface area contributed by atoms with Gasteiger partial charge in [0.25, 0.3) is 0 Å². The van der Waals surface area contributed by atoms with Gasteiger partial charge in [0, 0.05) is 12.4 Å². The van der Waals surface area contributed by atoms with Crippen molar-refractivity contribution in [1.82, 2.24) is 13.9 Å². The minimum atomic E-state index is -1.17. The normalized spacial score (nSPS) is 17.7. The van der Waals surface area contributed by atoms with E-state index in [0.29, 0.717) is 12.3 Å². The van der Waals surface area contributed by atoms with E-state index in [1.54, 1.807) is 6.08 Å². The molecule has 1 unspecified atom stereocenters. The van der Waals surface area contributed by atoms with E-state index in [4.69, 9.17) is 16.7 Å². The highest BCUT2D eigenvalue weighted by Crippen LogP contribution is 2.10. The highest BCUT2D eigenvalue weighted by atomic mass is 35.5. The first kappa shape index (κ1) is 12.7. The van der Waals surface area contributed by atoms with Crippen LogP contribution in [0.15, 0.2) is 21.7 Å². The molecule has 0 radical (unpaired) electrons. The number of aromatic nitrogens is 3. The smallest absolute Gasteiger partial charge is 0.348 e. The summed E-state index contributed by atoms with van der Waals surface area (Å²) in [7, 11) is 0. The Balaban J connectivity index is 2.55. The second-order valence-corrected chi connectivity index (χ2v) is 4.28. The Morgan fingerprint density at radius 3 is 2.78 bits per heavy atom. The largest absolute Gasteiger partial charge is 0.479 e. The Bertz CT molecular complexity index is 610. The molecule has 0 bridgehead atoms. The van der Waals surface area contributed by atoms with Gasteiger partial charge in [-0.05, 0) is 6.42 Å². The molecule has 0 spiro atoms. The number of alkyl halides is 1. The molecule has 0 saturated heterocycles. The van der Waals surface area contributed by atoms with E-state index in [9.17, 15) is 14.4 Å². The SMILES string of the molecule is O=C(O)C1C=CCn2c(=O)n(CCCCl)c(=O)n21. The lowest BCUT2D eigenvalue weighted by Gasteiger charge is -2.16. The summed E-state index contributed by atoms with van der Waals surface area (Å²) in [5, 5.41) is 9.03. The Morgan fingerprint density at radius 1 is 1.44 bits per heavy atom. The number of carbonyl (C=O) groups is 1. The van der Waals surface area contributed by atoms with E-state index in [1.165, 1.54) is 6.08 Å². The van der Waals surface area contributed by atoms with Crippen LogP contribution in [0.3, 0.4) is 0 Å². The first-order valence-corrected chi connectivity index (χ1v) is 5.99. The Hall–Kier alpha value is -1.76. The van der Waals surface area contributed by atoms with E-state index in [2.05, 4.69) is 0 Å². The number of rotatable bonds is 4. The van der Waals surface area contributed by atoms with Gasteiger partial charge < -0.3 is 5.11 Å². The molecule has 1 aliphatic rings. The fraction of sp³-hybridized carbons (Fsp3) is 0.500. The summed E-state index contributed by atoms with van der Waals surface area (Å²) in [6, 6.07) is -1.13. The predicted molar refractivity (Wildman–Crippen MR) is 64.1 cm³/mol. The zero-order valence-corrected chi connectivity index (χ0v) is 10.2. The van der Waals surface area contributed by atoms with E-state index in [0.717, 1.165) is 13.9 Å². The number of fused-ring (bicyclic) bond motifs is 1. The Morgan fingerprint density at radius 2 is 2.17 bits per heavy atom. The zero-order chi connectivity index (χ0) is 13.3. The summed E-state index contributed by atoms with van der Waals surface area (Å²) in [4.78, 5) is 35.0. The molecule has 1 aliphatic heterocycles. The van der Waals surface area contributed by atoms with Gasteiger partial charge in [-0.1, -0.05) is 12.2 Å². The molecule has 0 amide bonds. The topological polar surface area (TPSA) is 86.2 Å². The van der Waals surface area contributed by atoms with Gasteiger partial charge in [-0.25, -0.2) is 28.3 Å². The summed E-state index contributed by atoms with van der Waals surface area (Å²) in [6.45, 7) is 0.395. The lowest BCUT2D eigenvalue weighted by atomic mass is 10.2. The number of carboxylic acids is 1. The first-order valence-electron chi connectivity index (χ1n) is 5.45. The standard InChI is InChI=1S/C10H12ClN3O4/c11-4-2-5-12-9(17)13-6-1-3-7(8(15)16)14(13)10(12)18/h1,3,7H,2,4-6H2,(H,15,16). The second-order valence-electron chi connectivity index (χ2n) is 3.90. The molecule has 2 heterocycles. The summed E-state index contributed by atoms with van der Waals surface area (Å²) >= 11 is 5.52. The van der Waals surface area contributed by atoms with Crippen LogP contribution in [-0.4, -0.2) is 30.9 Å². The number of allylic oxidation sites excluding steroid dienone is 1. The fourth-order valence-corrected chi connectivity index (χ4v) is 2.06. The number of hydrogen-bond acceptors (Lipinski definition) is 3. The van der Waals surface area contributed by atoms with Crippen molar-refractivity contribution in [1.29, 1.82) is 0 Å². The number of halogens is 1. The third-order valence-corrected chi connectivity index (χ3v) is 3.03. The van der Waals surface area contributed by atoms with Crippen LogP contribution in [0.5, 0.6) is 0 Å².